The molecule has 1 amide bonds. The van der Waals surface area contributed by atoms with E-state index in [0.717, 1.165) is 49.0 Å². The maximum absolute atomic E-state index is 12.7. The summed E-state index contributed by atoms with van der Waals surface area (Å²) in [6, 6.07) is 10.1. The van der Waals surface area contributed by atoms with Crippen LogP contribution >= 0.6 is 11.3 Å². The number of carbonyl (C=O) groups excluding carboxylic acids is 1. The number of hydrogen-bond donors (Lipinski definition) is 1. The van der Waals surface area contributed by atoms with Gasteiger partial charge in [0.1, 0.15) is 0 Å². The zero-order chi connectivity index (χ0) is 21.0. The number of benzene rings is 1. The molecule has 2 aliphatic rings. The molecule has 2 aromatic rings. The molecule has 30 heavy (non-hydrogen) atoms. The Morgan fingerprint density at radius 2 is 1.87 bits per heavy atom. The fourth-order valence-corrected chi connectivity index (χ4v) is 5.95. The van der Waals surface area contributed by atoms with Crippen molar-refractivity contribution in [3.63, 3.8) is 0 Å². The van der Waals surface area contributed by atoms with Gasteiger partial charge in [0.05, 0.1) is 29.3 Å². The van der Waals surface area contributed by atoms with Crippen molar-refractivity contribution < 1.29 is 17.9 Å². The molecule has 4 rings (SSSR count). The largest absolute Gasteiger partial charge is 0.378 e. The zero-order valence-electron chi connectivity index (χ0n) is 16.5. The number of nitrogens with zero attached hydrogens (tertiary/aromatic N) is 3. The Morgan fingerprint density at radius 1 is 1.10 bits per heavy atom. The van der Waals surface area contributed by atoms with Gasteiger partial charge in [-0.2, -0.15) is 9.41 Å². The highest BCUT2D eigenvalue weighted by atomic mass is 32.2. The molecule has 0 bridgehead atoms. The average Bonchev–Trinajstić information content (AvgIpc) is 3.47. The third kappa shape index (κ3) is 4.72. The van der Waals surface area contributed by atoms with Gasteiger partial charge in [-0.1, -0.05) is 6.07 Å². The molecule has 0 aliphatic carbocycles. The number of anilines is 1. The second-order valence-corrected chi connectivity index (χ2v) is 10.1. The lowest BCUT2D eigenvalue weighted by molar-refractivity contribution is 0.0955. The summed E-state index contributed by atoms with van der Waals surface area (Å²) in [4.78, 5) is 15.7. The molecule has 1 N–H and O–H groups in total. The fourth-order valence-electron chi connectivity index (χ4n) is 3.46. The van der Waals surface area contributed by atoms with Crippen molar-refractivity contribution in [2.75, 3.05) is 44.3 Å². The summed E-state index contributed by atoms with van der Waals surface area (Å²) in [5, 5.41) is 5.17. The summed E-state index contributed by atoms with van der Waals surface area (Å²) in [7, 11) is -3.56. The van der Waals surface area contributed by atoms with Crippen LogP contribution in [-0.2, 0) is 14.8 Å². The molecule has 1 aromatic carbocycles. The zero-order valence-corrected chi connectivity index (χ0v) is 18.1. The Kier molecular flexibility index (Phi) is 6.47. The highest BCUT2D eigenvalue weighted by Gasteiger charge is 2.27. The summed E-state index contributed by atoms with van der Waals surface area (Å²) in [5.74, 6) is -0.449. The highest BCUT2D eigenvalue weighted by molar-refractivity contribution is 7.89. The molecule has 2 aliphatic heterocycles. The molecule has 0 radical (unpaired) electrons. The molecule has 3 heterocycles. The summed E-state index contributed by atoms with van der Waals surface area (Å²) >= 11 is 1.59. The normalized spacial score (nSPS) is 18.2. The van der Waals surface area contributed by atoms with E-state index < -0.39 is 15.9 Å². The van der Waals surface area contributed by atoms with Crippen LogP contribution in [0.3, 0.4) is 0 Å². The molecule has 8 nitrogen and oxygen atoms in total. The van der Waals surface area contributed by atoms with Gasteiger partial charge in [-0.3, -0.25) is 4.79 Å². The maximum Gasteiger partial charge on any atom is 0.271 e. The number of sulfonamides is 1. The van der Waals surface area contributed by atoms with E-state index in [0.29, 0.717) is 13.1 Å². The van der Waals surface area contributed by atoms with Gasteiger partial charge in [0.15, 0.2) is 0 Å². The van der Waals surface area contributed by atoms with Crippen molar-refractivity contribution in [1.82, 2.24) is 9.73 Å². The number of morpholine rings is 1. The molecule has 10 heteroatoms. The van der Waals surface area contributed by atoms with Crippen LogP contribution in [0.2, 0.25) is 0 Å². The number of ether oxygens (including phenoxy) is 1. The summed E-state index contributed by atoms with van der Waals surface area (Å²) in [5.41, 5.74) is 2.74. The molecule has 160 valence electrons. The van der Waals surface area contributed by atoms with Crippen molar-refractivity contribution in [3.8, 4) is 0 Å². The molecular formula is C20H24N4O4S2. The second kappa shape index (κ2) is 9.25. The second-order valence-electron chi connectivity index (χ2n) is 7.11. The van der Waals surface area contributed by atoms with Crippen molar-refractivity contribution in [2.24, 2.45) is 5.10 Å². The quantitative estimate of drug-likeness (QED) is 0.540. The van der Waals surface area contributed by atoms with E-state index >= 15 is 0 Å². The Bertz CT molecular complexity index is 1020. The molecule has 0 spiro atoms. The lowest BCUT2D eigenvalue weighted by Gasteiger charge is -2.27. The van der Waals surface area contributed by atoms with E-state index in [2.05, 4.69) is 15.4 Å². The van der Waals surface area contributed by atoms with Gasteiger partial charge in [-0.25, -0.2) is 13.8 Å². The van der Waals surface area contributed by atoms with Crippen LogP contribution in [0.5, 0.6) is 0 Å². The molecule has 2 fully saturated rings. The Labute approximate surface area is 180 Å². The summed E-state index contributed by atoms with van der Waals surface area (Å²) < 4.78 is 32.2. The predicted molar refractivity (Wildman–Crippen MR) is 117 cm³/mol. The van der Waals surface area contributed by atoms with Crippen LogP contribution in [0.15, 0.2) is 46.4 Å². The fraction of sp³-hybridized carbons (Fsp3) is 0.400. The first-order valence-corrected chi connectivity index (χ1v) is 12.2. The minimum Gasteiger partial charge on any atom is -0.378 e. The van der Waals surface area contributed by atoms with Crippen LogP contribution in [0.4, 0.5) is 5.00 Å². The van der Waals surface area contributed by atoms with Crippen molar-refractivity contribution in [1.29, 1.82) is 0 Å². The van der Waals surface area contributed by atoms with Crippen LogP contribution in [-0.4, -0.2) is 64.2 Å². The molecule has 1 aromatic heterocycles. The topological polar surface area (TPSA) is 91.3 Å². The van der Waals surface area contributed by atoms with Gasteiger partial charge in [0.25, 0.3) is 5.91 Å². The minimum absolute atomic E-state index is 0.134. The first kappa shape index (κ1) is 21.0. The van der Waals surface area contributed by atoms with Gasteiger partial charge in [-0.05, 0) is 43.2 Å². The number of amides is 1. The molecule has 0 saturated carbocycles. The number of hydrogen-bond acceptors (Lipinski definition) is 7. The smallest absolute Gasteiger partial charge is 0.271 e. The Morgan fingerprint density at radius 3 is 2.63 bits per heavy atom. The van der Waals surface area contributed by atoms with E-state index in [1.54, 1.807) is 29.7 Å². The number of nitrogens with one attached hydrogen (secondary N) is 1. The van der Waals surface area contributed by atoms with Crippen molar-refractivity contribution >= 4 is 38.5 Å². The summed E-state index contributed by atoms with van der Waals surface area (Å²) in [6.45, 7) is 4.23. The van der Waals surface area contributed by atoms with Gasteiger partial charge in [0.2, 0.25) is 10.0 Å². The van der Waals surface area contributed by atoms with E-state index in [4.69, 9.17) is 4.74 Å². The van der Waals surface area contributed by atoms with E-state index in [1.807, 2.05) is 12.1 Å². The Hall–Kier alpha value is -2.27. The third-order valence-corrected chi connectivity index (χ3v) is 8.07. The standard InChI is InChI=1S/C20H24N4O4S2/c25-20(16-4-3-5-18(14-16)30(26,27)24-8-1-2-9-24)22-21-15-17-6-7-19(29-17)23-10-12-28-13-11-23/h3-7,14-15H,1-2,8-13H2,(H,22,25)/b21-15-. The SMILES string of the molecule is O=C(N/N=C\c1ccc(N2CCOCC2)s1)c1cccc(S(=O)(=O)N2CCCC2)c1. The lowest BCUT2D eigenvalue weighted by atomic mass is 10.2. The van der Waals surface area contributed by atoms with Crippen LogP contribution in [0.1, 0.15) is 28.1 Å². The number of rotatable bonds is 6. The van der Waals surface area contributed by atoms with E-state index in [1.165, 1.54) is 16.4 Å². The van der Waals surface area contributed by atoms with Crippen LogP contribution in [0.25, 0.3) is 0 Å². The number of carbonyl (C=O) groups is 1. The van der Waals surface area contributed by atoms with E-state index in [9.17, 15) is 13.2 Å². The number of hydrazone groups is 1. The van der Waals surface area contributed by atoms with Gasteiger partial charge in [0, 0.05) is 36.6 Å². The van der Waals surface area contributed by atoms with Crippen LogP contribution < -0.4 is 10.3 Å². The summed E-state index contributed by atoms with van der Waals surface area (Å²) in [6.07, 6.45) is 3.32. The van der Waals surface area contributed by atoms with E-state index in [-0.39, 0.29) is 10.5 Å². The first-order valence-electron chi connectivity index (χ1n) is 9.90. The average molecular weight is 449 g/mol. The van der Waals surface area contributed by atoms with Gasteiger partial charge < -0.3 is 9.64 Å². The highest BCUT2D eigenvalue weighted by Crippen LogP contribution is 2.25. The molecule has 0 atom stereocenters. The van der Waals surface area contributed by atoms with Crippen molar-refractivity contribution in [2.45, 2.75) is 17.7 Å². The van der Waals surface area contributed by atoms with Gasteiger partial charge in [-0.15, -0.1) is 11.3 Å². The maximum atomic E-state index is 12.7. The Balaban J connectivity index is 1.39. The number of thiophene rings is 1. The monoisotopic (exact) mass is 448 g/mol. The third-order valence-electron chi connectivity index (χ3n) is 5.09. The molecular weight excluding hydrogens is 424 g/mol. The van der Waals surface area contributed by atoms with Crippen LogP contribution in [0, 0.1) is 0 Å². The van der Waals surface area contributed by atoms with Crippen molar-refractivity contribution in [3.05, 3.63) is 46.8 Å². The lowest BCUT2D eigenvalue weighted by Crippen LogP contribution is -2.35. The predicted octanol–water partition coefficient (Wildman–Crippen LogP) is 2.13. The first-order chi connectivity index (χ1) is 14.5. The molecule has 0 unspecified atom stereocenters. The minimum atomic E-state index is -3.56. The molecule has 2 saturated heterocycles. The van der Waals surface area contributed by atoms with Gasteiger partial charge >= 0.3 is 0 Å².